The molecule has 1 aromatic carbocycles. The van der Waals surface area contributed by atoms with Crippen molar-refractivity contribution in [1.29, 1.82) is 0 Å². The van der Waals surface area contributed by atoms with Gasteiger partial charge >= 0.3 is 0 Å². The van der Waals surface area contributed by atoms with Gasteiger partial charge in [-0.1, -0.05) is 18.2 Å². The maximum Gasteiger partial charge on any atom is 0.163 e. The van der Waals surface area contributed by atoms with Gasteiger partial charge in [-0.25, -0.2) is 0 Å². The van der Waals surface area contributed by atoms with E-state index >= 15 is 0 Å². The highest BCUT2D eigenvalue weighted by Gasteiger charge is 2.19. The minimum absolute atomic E-state index is 0.0681. The quantitative estimate of drug-likeness (QED) is 0.744. The Hall–Kier alpha value is -1.68. The van der Waals surface area contributed by atoms with Crippen LogP contribution in [0.1, 0.15) is 17.2 Å². The van der Waals surface area contributed by atoms with Crippen LogP contribution in [0.25, 0.3) is 5.69 Å². The summed E-state index contributed by atoms with van der Waals surface area (Å²) in [6, 6.07) is 8.18. The highest BCUT2D eigenvalue weighted by Crippen LogP contribution is 2.24. The third-order valence-electron chi connectivity index (χ3n) is 2.79. The second-order valence-corrected chi connectivity index (χ2v) is 3.65. The molecule has 2 heterocycles. The first-order valence-electron chi connectivity index (χ1n) is 5.02. The van der Waals surface area contributed by atoms with Crippen LogP contribution < -0.4 is 0 Å². The van der Waals surface area contributed by atoms with Crippen molar-refractivity contribution in [3.05, 3.63) is 41.5 Å². The number of rotatable bonds is 1. The lowest BCUT2D eigenvalue weighted by Crippen LogP contribution is -2.14. The van der Waals surface area contributed by atoms with Gasteiger partial charge in [0.15, 0.2) is 5.82 Å². The average Bonchev–Trinajstić information content (AvgIpc) is 2.72. The number of hydrogen-bond acceptors (Lipinski definition) is 3. The van der Waals surface area contributed by atoms with E-state index in [1.54, 1.807) is 0 Å². The molecule has 0 aliphatic carbocycles. The van der Waals surface area contributed by atoms with E-state index in [1.165, 1.54) is 5.56 Å². The Balaban J connectivity index is 2.27. The Kier molecular flexibility index (Phi) is 1.82. The Morgan fingerprint density at radius 1 is 1.20 bits per heavy atom. The molecule has 4 nitrogen and oxygen atoms in total. The molecule has 0 radical (unpaired) electrons. The minimum Gasteiger partial charge on any atom is -0.388 e. The lowest BCUT2D eigenvalue weighted by atomic mass is 10.0. The molecule has 0 saturated heterocycles. The molecule has 15 heavy (non-hydrogen) atoms. The number of aromatic nitrogens is 3. The number of benzene rings is 1. The molecule has 1 aliphatic heterocycles. The van der Waals surface area contributed by atoms with Crippen LogP contribution in [0.2, 0.25) is 0 Å². The summed E-state index contributed by atoms with van der Waals surface area (Å²) in [4.78, 5) is 0. The Morgan fingerprint density at radius 2 is 2.07 bits per heavy atom. The number of aliphatic hydroxyl groups is 1. The van der Waals surface area contributed by atoms with E-state index in [2.05, 4.69) is 16.3 Å². The molecule has 1 aromatic heterocycles. The van der Waals surface area contributed by atoms with Crippen molar-refractivity contribution in [2.24, 2.45) is 0 Å². The number of aryl methyl sites for hydroxylation is 2. The molecule has 1 N–H and O–H groups in total. The summed E-state index contributed by atoms with van der Waals surface area (Å²) in [6.45, 7) is -0.0681. The number of nitrogens with zero attached hydrogens (tertiary/aromatic N) is 3. The number of para-hydroxylation sites is 1. The summed E-state index contributed by atoms with van der Waals surface area (Å²) < 4.78 is 1.96. The van der Waals surface area contributed by atoms with Crippen LogP contribution in [0.5, 0.6) is 0 Å². The predicted octanol–water partition coefficient (Wildman–Crippen LogP) is 0.858. The second-order valence-electron chi connectivity index (χ2n) is 3.65. The Morgan fingerprint density at radius 3 is 2.93 bits per heavy atom. The smallest absolute Gasteiger partial charge is 0.163 e. The van der Waals surface area contributed by atoms with E-state index in [4.69, 9.17) is 0 Å². The molecular formula is C11H11N3O. The van der Waals surface area contributed by atoms with E-state index in [-0.39, 0.29) is 6.61 Å². The first-order valence-corrected chi connectivity index (χ1v) is 5.02. The molecule has 0 fully saturated rings. The normalized spacial score (nSPS) is 13.4. The van der Waals surface area contributed by atoms with Gasteiger partial charge in [-0.2, -0.15) is 0 Å². The van der Waals surface area contributed by atoms with Crippen LogP contribution in [0.4, 0.5) is 0 Å². The third-order valence-corrected chi connectivity index (χ3v) is 2.79. The summed E-state index contributed by atoms with van der Waals surface area (Å²) in [5, 5.41) is 17.2. The zero-order chi connectivity index (χ0) is 10.3. The molecule has 0 saturated carbocycles. The van der Waals surface area contributed by atoms with Crippen LogP contribution in [-0.2, 0) is 19.4 Å². The molecule has 0 atom stereocenters. The lowest BCUT2D eigenvalue weighted by Gasteiger charge is -2.18. The summed E-state index contributed by atoms with van der Waals surface area (Å²) in [5.74, 6) is 1.56. The molecule has 3 rings (SSSR count). The van der Waals surface area contributed by atoms with Gasteiger partial charge in [0.25, 0.3) is 0 Å². The van der Waals surface area contributed by atoms with Gasteiger partial charge in [0, 0.05) is 6.42 Å². The van der Waals surface area contributed by atoms with Crippen molar-refractivity contribution in [3.8, 4) is 5.69 Å². The van der Waals surface area contributed by atoms with Crippen LogP contribution in [0.3, 0.4) is 0 Å². The third kappa shape index (κ3) is 1.18. The molecule has 4 heteroatoms. The van der Waals surface area contributed by atoms with Gasteiger partial charge in [-0.15, -0.1) is 10.2 Å². The molecule has 76 valence electrons. The average molecular weight is 201 g/mol. The van der Waals surface area contributed by atoms with Gasteiger partial charge in [0.2, 0.25) is 0 Å². The highest BCUT2D eigenvalue weighted by atomic mass is 16.3. The van der Waals surface area contributed by atoms with Crippen molar-refractivity contribution in [3.63, 3.8) is 0 Å². The number of hydrogen-bond donors (Lipinski definition) is 1. The summed E-state index contributed by atoms with van der Waals surface area (Å²) in [5.41, 5.74) is 2.40. The molecule has 1 aliphatic rings. The Labute approximate surface area is 87.2 Å². The van der Waals surface area contributed by atoms with Gasteiger partial charge in [-0.05, 0) is 18.1 Å². The van der Waals surface area contributed by atoms with E-state index < -0.39 is 0 Å². The fourth-order valence-electron chi connectivity index (χ4n) is 2.08. The molecule has 0 spiro atoms. The van der Waals surface area contributed by atoms with Crippen molar-refractivity contribution >= 4 is 0 Å². The van der Waals surface area contributed by atoms with Crippen molar-refractivity contribution in [2.75, 3.05) is 0 Å². The van der Waals surface area contributed by atoms with Gasteiger partial charge < -0.3 is 5.11 Å². The first-order chi connectivity index (χ1) is 7.40. The van der Waals surface area contributed by atoms with Crippen LogP contribution in [-0.4, -0.2) is 19.9 Å². The highest BCUT2D eigenvalue weighted by molar-refractivity contribution is 5.45. The number of fused-ring (bicyclic) bond motifs is 3. The van der Waals surface area contributed by atoms with Crippen molar-refractivity contribution in [2.45, 2.75) is 19.4 Å². The zero-order valence-corrected chi connectivity index (χ0v) is 8.22. The largest absolute Gasteiger partial charge is 0.388 e. The topological polar surface area (TPSA) is 50.9 Å². The molecule has 2 aromatic rings. The fraction of sp³-hybridized carbons (Fsp3) is 0.273. The maximum absolute atomic E-state index is 9.18. The molecule has 0 unspecified atom stereocenters. The summed E-state index contributed by atoms with van der Waals surface area (Å²) in [6.07, 6.45) is 1.89. The van der Waals surface area contributed by atoms with Crippen molar-refractivity contribution in [1.82, 2.24) is 14.8 Å². The monoisotopic (exact) mass is 201 g/mol. The van der Waals surface area contributed by atoms with Gasteiger partial charge in [-0.3, -0.25) is 4.57 Å². The number of aliphatic hydroxyl groups excluding tert-OH is 1. The standard InChI is InChI=1S/C11H11N3O/c15-7-11-13-12-10-6-5-8-3-1-2-4-9(8)14(10)11/h1-4,15H,5-7H2. The minimum atomic E-state index is -0.0681. The van der Waals surface area contributed by atoms with Gasteiger partial charge in [0.1, 0.15) is 12.4 Å². The van der Waals surface area contributed by atoms with E-state index in [9.17, 15) is 5.11 Å². The predicted molar refractivity (Wildman–Crippen MR) is 54.7 cm³/mol. The van der Waals surface area contributed by atoms with E-state index in [0.29, 0.717) is 5.82 Å². The molecular weight excluding hydrogens is 190 g/mol. The molecule has 0 amide bonds. The molecule has 0 bridgehead atoms. The second kappa shape index (κ2) is 3.17. The zero-order valence-electron chi connectivity index (χ0n) is 8.22. The van der Waals surface area contributed by atoms with Crippen LogP contribution >= 0.6 is 0 Å². The summed E-state index contributed by atoms with van der Waals surface area (Å²) in [7, 11) is 0. The van der Waals surface area contributed by atoms with Crippen LogP contribution in [0.15, 0.2) is 24.3 Å². The Bertz CT molecular complexity index is 491. The first kappa shape index (κ1) is 8.61. The van der Waals surface area contributed by atoms with Crippen LogP contribution in [0, 0.1) is 0 Å². The summed E-state index contributed by atoms with van der Waals surface area (Å²) >= 11 is 0. The van der Waals surface area contributed by atoms with Gasteiger partial charge in [0.05, 0.1) is 5.69 Å². The van der Waals surface area contributed by atoms with Crippen molar-refractivity contribution < 1.29 is 5.11 Å². The maximum atomic E-state index is 9.18. The van der Waals surface area contributed by atoms with E-state index in [1.807, 2.05) is 22.8 Å². The lowest BCUT2D eigenvalue weighted by molar-refractivity contribution is 0.268. The van der Waals surface area contributed by atoms with E-state index in [0.717, 1.165) is 24.4 Å². The fourth-order valence-corrected chi connectivity index (χ4v) is 2.08. The SMILES string of the molecule is OCc1nnc2n1-c1ccccc1CC2.